The number of hydrogen-bond acceptors (Lipinski definition) is 4. The Balaban J connectivity index is 1.90. The third kappa shape index (κ3) is 3.81. The number of hydrogen-bond donors (Lipinski definition) is 1. The second-order valence-electron chi connectivity index (χ2n) is 5.39. The number of aryl methyl sites for hydroxylation is 2. The number of halogens is 2. The van der Waals surface area contributed by atoms with Crippen LogP contribution in [0.1, 0.15) is 11.7 Å². The first kappa shape index (κ1) is 17.8. The van der Waals surface area contributed by atoms with Crippen molar-refractivity contribution in [1.82, 2.24) is 4.98 Å². The van der Waals surface area contributed by atoms with Crippen LogP contribution in [0.3, 0.4) is 0 Å². The van der Waals surface area contributed by atoms with Gasteiger partial charge in [-0.05, 0) is 37.3 Å². The smallest absolute Gasteiger partial charge is 0.261 e. The molecule has 3 rings (SSSR count). The van der Waals surface area contributed by atoms with E-state index in [1.165, 1.54) is 24.3 Å². The summed E-state index contributed by atoms with van der Waals surface area (Å²) in [4.78, 5) is 4.40. The molecule has 0 aliphatic rings. The summed E-state index contributed by atoms with van der Waals surface area (Å²) < 4.78 is 32.9. The molecular weight excluding hydrogens is 383 g/mol. The zero-order valence-electron chi connectivity index (χ0n) is 13.4. The highest BCUT2D eigenvalue weighted by Crippen LogP contribution is 2.29. The van der Waals surface area contributed by atoms with Crippen molar-refractivity contribution >= 4 is 38.9 Å². The van der Waals surface area contributed by atoms with Gasteiger partial charge in [0.05, 0.1) is 15.6 Å². The lowest BCUT2D eigenvalue weighted by molar-refractivity contribution is 0.495. The SMILES string of the molecule is Cc1nc(-c2ccc(S(=O)(=O)Nc3cc(Cl)ccc3Cl)cc2)c(C)o1. The maximum Gasteiger partial charge on any atom is 0.261 e. The van der Waals surface area contributed by atoms with E-state index in [1.807, 2.05) is 6.92 Å². The zero-order valence-corrected chi connectivity index (χ0v) is 15.7. The highest BCUT2D eigenvalue weighted by molar-refractivity contribution is 7.92. The molecule has 3 aromatic rings. The lowest BCUT2D eigenvalue weighted by Crippen LogP contribution is -2.13. The average molecular weight is 397 g/mol. The second kappa shape index (κ2) is 6.71. The summed E-state index contributed by atoms with van der Waals surface area (Å²) in [5, 5.41) is 0.646. The molecule has 5 nitrogen and oxygen atoms in total. The van der Waals surface area contributed by atoms with Gasteiger partial charge >= 0.3 is 0 Å². The van der Waals surface area contributed by atoms with Crippen molar-refractivity contribution in [2.45, 2.75) is 18.7 Å². The van der Waals surface area contributed by atoms with Crippen molar-refractivity contribution in [1.29, 1.82) is 0 Å². The fraction of sp³-hybridized carbons (Fsp3) is 0.118. The molecule has 0 radical (unpaired) electrons. The predicted molar refractivity (Wildman–Crippen MR) is 98.7 cm³/mol. The van der Waals surface area contributed by atoms with E-state index in [0.717, 1.165) is 5.56 Å². The first-order valence-corrected chi connectivity index (χ1v) is 9.52. The third-order valence-electron chi connectivity index (χ3n) is 3.51. The summed E-state index contributed by atoms with van der Waals surface area (Å²) in [6.45, 7) is 3.57. The molecule has 0 aliphatic heterocycles. The number of aromatic nitrogens is 1. The van der Waals surface area contributed by atoms with Crippen LogP contribution in [0.4, 0.5) is 5.69 Å². The minimum atomic E-state index is -3.79. The van der Waals surface area contributed by atoms with Gasteiger partial charge in [0, 0.05) is 17.5 Å². The van der Waals surface area contributed by atoms with Gasteiger partial charge in [0.15, 0.2) is 5.89 Å². The van der Waals surface area contributed by atoms with Crippen LogP contribution in [0, 0.1) is 13.8 Å². The van der Waals surface area contributed by atoms with E-state index in [0.29, 0.717) is 22.4 Å². The highest BCUT2D eigenvalue weighted by Gasteiger charge is 2.17. The van der Waals surface area contributed by atoms with Gasteiger partial charge < -0.3 is 4.42 Å². The Bertz CT molecular complexity index is 1030. The average Bonchev–Trinajstić information content (AvgIpc) is 2.89. The van der Waals surface area contributed by atoms with Crippen LogP contribution in [0.5, 0.6) is 0 Å². The number of rotatable bonds is 4. The molecule has 2 aromatic carbocycles. The Morgan fingerprint density at radius 2 is 1.72 bits per heavy atom. The van der Waals surface area contributed by atoms with Crippen LogP contribution in [0.15, 0.2) is 51.8 Å². The molecule has 0 saturated carbocycles. The van der Waals surface area contributed by atoms with E-state index in [4.69, 9.17) is 27.6 Å². The van der Waals surface area contributed by atoms with Gasteiger partial charge in [-0.15, -0.1) is 0 Å². The topological polar surface area (TPSA) is 72.2 Å². The summed E-state index contributed by atoms with van der Waals surface area (Å²) in [5.74, 6) is 1.23. The van der Waals surface area contributed by atoms with Gasteiger partial charge in [0.2, 0.25) is 0 Å². The summed E-state index contributed by atoms with van der Waals surface area (Å²) in [5.41, 5.74) is 1.68. The Morgan fingerprint density at radius 1 is 1.04 bits per heavy atom. The first-order valence-electron chi connectivity index (χ1n) is 7.28. The predicted octanol–water partition coefficient (Wildman–Crippen LogP) is 5.07. The monoisotopic (exact) mass is 396 g/mol. The Kier molecular flexibility index (Phi) is 4.77. The van der Waals surface area contributed by atoms with Crippen LogP contribution in [-0.2, 0) is 10.0 Å². The number of oxazole rings is 1. The van der Waals surface area contributed by atoms with Crippen molar-refractivity contribution in [2.24, 2.45) is 0 Å². The summed E-state index contributed by atoms with van der Waals surface area (Å²) >= 11 is 11.9. The zero-order chi connectivity index (χ0) is 18.2. The molecular formula is C17H14Cl2N2O3S. The molecule has 0 spiro atoms. The minimum Gasteiger partial charge on any atom is -0.446 e. The largest absolute Gasteiger partial charge is 0.446 e. The number of benzene rings is 2. The van der Waals surface area contributed by atoms with E-state index >= 15 is 0 Å². The Morgan fingerprint density at radius 3 is 2.32 bits per heavy atom. The van der Waals surface area contributed by atoms with Crippen LogP contribution in [0.2, 0.25) is 10.0 Å². The highest BCUT2D eigenvalue weighted by atomic mass is 35.5. The van der Waals surface area contributed by atoms with Crippen LogP contribution in [-0.4, -0.2) is 13.4 Å². The lowest BCUT2D eigenvalue weighted by atomic mass is 10.1. The van der Waals surface area contributed by atoms with Gasteiger partial charge in [-0.3, -0.25) is 4.72 Å². The minimum absolute atomic E-state index is 0.102. The maximum absolute atomic E-state index is 12.5. The third-order valence-corrected chi connectivity index (χ3v) is 5.46. The molecule has 0 aliphatic carbocycles. The maximum atomic E-state index is 12.5. The van der Waals surface area contributed by atoms with E-state index in [2.05, 4.69) is 9.71 Å². The van der Waals surface area contributed by atoms with Crippen molar-refractivity contribution in [3.8, 4) is 11.3 Å². The Labute approximate surface area is 155 Å². The normalized spacial score (nSPS) is 11.5. The molecule has 8 heteroatoms. The number of anilines is 1. The molecule has 1 heterocycles. The summed E-state index contributed by atoms with van der Waals surface area (Å²) in [7, 11) is -3.79. The lowest BCUT2D eigenvalue weighted by Gasteiger charge is -2.10. The molecule has 0 unspecified atom stereocenters. The van der Waals surface area contributed by atoms with Crippen molar-refractivity contribution in [3.05, 3.63) is 64.2 Å². The number of sulfonamides is 1. The fourth-order valence-electron chi connectivity index (χ4n) is 2.37. The fourth-order valence-corrected chi connectivity index (χ4v) is 3.83. The van der Waals surface area contributed by atoms with E-state index in [1.54, 1.807) is 25.1 Å². The molecule has 130 valence electrons. The molecule has 1 N–H and O–H groups in total. The molecule has 0 saturated heterocycles. The second-order valence-corrected chi connectivity index (χ2v) is 7.92. The molecule has 25 heavy (non-hydrogen) atoms. The summed E-state index contributed by atoms with van der Waals surface area (Å²) in [6, 6.07) is 10.9. The quantitative estimate of drug-likeness (QED) is 0.668. The summed E-state index contributed by atoms with van der Waals surface area (Å²) in [6.07, 6.45) is 0. The molecule has 0 atom stereocenters. The number of nitrogens with zero attached hydrogens (tertiary/aromatic N) is 1. The van der Waals surface area contributed by atoms with Crippen molar-refractivity contribution < 1.29 is 12.8 Å². The van der Waals surface area contributed by atoms with Crippen molar-refractivity contribution in [3.63, 3.8) is 0 Å². The molecule has 1 aromatic heterocycles. The van der Waals surface area contributed by atoms with Crippen LogP contribution in [0.25, 0.3) is 11.3 Å². The van der Waals surface area contributed by atoms with E-state index < -0.39 is 10.0 Å². The van der Waals surface area contributed by atoms with Gasteiger partial charge in [-0.1, -0.05) is 35.3 Å². The van der Waals surface area contributed by atoms with Gasteiger partial charge in [-0.2, -0.15) is 0 Å². The standard InChI is InChI=1S/C17H14Cl2N2O3S/c1-10-17(20-11(2)24-10)12-3-6-14(7-4-12)25(22,23)21-16-9-13(18)5-8-15(16)19/h3-9,21H,1-2H3. The van der Waals surface area contributed by atoms with E-state index in [-0.39, 0.29) is 15.6 Å². The molecule has 0 amide bonds. The molecule has 0 bridgehead atoms. The van der Waals surface area contributed by atoms with Gasteiger partial charge in [0.25, 0.3) is 10.0 Å². The van der Waals surface area contributed by atoms with Crippen molar-refractivity contribution in [2.75, 3.05) is 4.72 Å². The molecule has 0 fully saturated rings. The van der Waals surface area contributed by atoms with E-state index in [9.17, 15) is 8.42 Å². The van der Waals surface area contributed by atoms with Gasteiger partial charge in [0.1, 0.15) is 11.5 Å². The van der Waals surface area contributed by atoms with Gasteiger partial charge in [-0.25, -0.2) is 13.4 Å². The van der Waals surface area contributed by atoms with Crippen LogP contribution >= 0.6 is 23.2 Å². The number of nitrogens with one attached hydrogen (secondary N) is 1. The Hall–Kier alpha value is -2.02. The van der Waals surface area contributed by atoms with Crippen LogP contribution < -0.4 is 4.72 Å². The first-order chi connectivity index (χ1) is 11.8.